The van der Waals surface area contributed by atoms with Crippen molar-refractivity contribution >= 4 is 11.6 Å². The summed E-state index contributed by atoms with van der Waals surface area (Å²) in [6.45, 7) is 0.903. The molecule has 0 spiro atoms. The first kappa shape index (κ1) is 11.9. The molecule has 3 rings (SSSR count). The average Bonchev–Trinajstić information content (AvgIpc) is 2.89. The van der Waals surface area contributed by atoms with Crippen molar-refractivity contribution in [1.82, 2.24) is 10.2 Å². The fourth-order valence-corrected chi connectivity index (χ4v) is 2.59. The van der Waals surface area contributed by atoms with Crippen molar-refractivity contribution in [2.75, 3.05) is 17.2 Å². The van der Waals surface area contributed by atoms with Gasteiger partial charge in [-0.2, -0.15) is 0 Å². The van der Waals surface area contributed by atoms with Crippen LogP contribution in [-0.4, -0.2) is 16.7 Å². The Kier molecular flexibility index (Phi) is 3.03. The minimum Gasteiger partial charge on any atom is -0.382 e. The quantitative estimate of drug-likeness (QED) is 0.899. The third kappa shape index (κ3) is 2.36. The van der Waals surface area contributed by atoms with Crippen LogP contribution in [0, 0.1) is 5.82 Å². The lowest BCUT2D eigenvalue weighted by atomic mass is 10.0. The Morgan fingerprint density at radius 1 is 1.21 bits per heavy atom. The van der Waals surface area contributed by atoms with Crippen molar-refractivity contribution in [3.05, 3.63) is 47.8 Å². The molecule has 1 aliphatic heterocycles. The first-order chi connectivity index (χ1) is 9.24. The van der Waals surface area contributed by atoms with Crippen molar-refractivity contribution in [2.45, 2.75) is 18.9 Å². The highest BCUT2D eigenvalue weighted by Crippen LogP contribution is 2.35. The minimum atomic E-state index is -0.201. The van der Waals surface area contributed by atoms with Gasteiger partial charge in [-0.3, -0.25) is 0 Å². The van der Waals surface area contributed by atoms with E-state index >= 15 is 0 Å². The molecule has 1 atom stereocenters. The van der Waals surface area contributed by atoms with Crippen LogP contribution < -0.4 is 10.6 Å². The summed E-state index contributed by atoms with van der Waals surface area (Å²) < 4.78 is 13.3. The number of halogens is 1. The Morgan fingerprint density at radius 2 is 2.11 bits per heavy atom. The van der Waals surface area contributed by atoms with Crippen molar-refractivity contribution in [3.8, 4) is 0 Å². The maximum absolute atomic E-state index is 13.3. The van der Waals surface area contributed by atoms with Crippen LogP contribution in [0.3, 0.4) is 0 Å². The van der Waals surface area contributed by atoms with E-state index in [1.165, 1.54) is 6.07 Å². The Morgan fingerprint density at radius 3 is 2.84 bits per heavy atom. The van der Waals surface area contributed by atoms with E-state index in [1.807, 2.05) is 12.1 Å². The molecule has 1 aliphatic rings. The molecule has 98 valence electrons. The number of anilines is 2. The maximum Gasteiger partial charge on any atom is 0.151 e. The number of nitrogens with two attached hydrogens (primary N) is 1. The Bertz CT molecular complexity index is 570. The molecule has 2 aromatic rings. The number of nitrogens with zero attached hydrogens (tertiary/aromatic N) is 3. The van der Waals surface area contributed by atoms with Gasteiger partial charge in [0.15, 0.2) is 5.82 Å². The summed E-state index contributed by atoms with van der Waals surface area (Å²) in [7, 11) is 0. The Hall–Kier alpha value is -2.17. The van der Waals surface area contributed by atoms with Gasteiger partial charge in [-0.25, -0.2) is 4.39 Å². The zero-order valence-electron chi connectivity index (χ0n) is 10.5. The number of rotatable bonds is 2. The third-order valence-corrected chi connectivity index (χ3v) is 3.45. The third-order valence-electron chi connectivity index (χ3n) is 3.45. The average molecular weight is 258 g/mol. The second-order valence-corrected chi connectivity index (χ2v) is 4.72. The molecule has 4 nitrogen and oxygen atoms in total. The van der Waals surface area contributed by atoms with Crippen LogP contribution in [0.2, 0.25) is 0 Å². The van der Waals surface area contributed by atoms with Gasteiger partial charge in [0.25, 0.3) is 0 Å². The predicted molar refractivity (Wildman–Crippen MR) is 72.2 cm³/mol. The molecule has 0 radical (unpaired) electrons. The molecule has 0 amide bonds. The topological polar surface area (TPSA) is 55.0 Å². The zero-order chi connectivity index (χ0) is 13.2. The van der Waals surface area contributed by atoms with Gasteiger partial charge in [0.05, 0.1) is 6.04 Å². The smallest absolute Gasteiger partial charge is 0.151 e. The summed E-state index contributed by atoms with van der Waals surface area (Å²) in [4.78, 5) is 2.15. The van der Waals surface area contributed by atoms with Gasteiger partial charge >= 0.3 is 0 Å². The van der Waals surface area contributed by atoms with E-state index in [0.29, 0.717) is 5.82 Å². The molecule has 19 heavy (non-hydrogen) atoms. The van der Waals surface area contributed by atoms with Crippen LogP contribution in [-0.2, 0) is 0 Å². The van der Waals surface area contributed by atoms with Gasteiger partial charge < -0.3 is 10.6 Å². The minimum absolute atomic E-state index is 0.161. The Labute approximate surface area is 111 Å². The van der Waals surface area contributed by atoms with E-state index in [-0.39, 0.29) is 11.9 Å². The molecule has 0 aliphatic carbocycles. The maximum atomic E-state index is 13.3. The summed E-state index contributed by atoms with van der Waals surface area (Å²) in [5.74, 6) is 0.999. The standard InChI is InChI=1S/C14H15FN4/c15-11-4-1-3-10(9-11)12-5-2-8-19(12)14-7-6-13(16)17-18-14/h1,3-4,6-7,9,12H,2,5,8H2,(H2,16,17)/t12-/m1/s1. The lowest BCUT2D eigenvalue weighted by Gasteiger charge is -2.25. The van der Waals surface area contributed by atoms with Gasteiger partial charge in [-0.1, -0.05) is 12.1 Å². The number of hydrogen-bond acceptors (Lipinski definition) is 4. The number of nitrogen functional groups attached to an aromatic ring is 1. The molecule has 1 saturated heterocycles. The van der Waals surface area contributed by atoms with Gasteiger partial charge in [0.1, 0.15) is 11.6 Å². The molecule has 2 N–H and O–H groups in total. The molecule has 5 heteroatoms. The summed E-state index contributed by atoms with van der Waals surface area (Å²) in [5.41, 5.74) is 6.53. The SMILES string of the molecule is Nc1ccc(N2CCC[C@@H]2c2cccc(F)c2)nn1. The van der Waals surface area contributed by atoms with Gasteiger partial charge in [-0.05, 0) is 42.7 Å². The Balaban J connectivity index is 1.91. The molecular weight excluding hydrogens is 243 g/mol. The molecule has 0 unspecified atom stereocenters. The summed E-state index contributed by atoms with van der Waals surface area (Å²) >= 11 is 0. The number of aromatic nitrogens is 2. The number of benzene rings is 1. The second-order valence-electron chi connectivity index (χ2n) is 4.72. The molecule has 1 fully saturated rings. The van der Waals surface area contributed by atoms with Gasteiger partial charge in [0.2, 0.25) is 0 Å². The normalized spacial score (nSPS) is 18.8. The molecule has 1 aromatic carbocycles. The molecule has 2 heterocycles. The molecular formula is C14H15FN4. The molecule has 0 bridgehead atoms. The first-order valence-electron chi connectivity index (χ1n) is 6.35. The summed E-state index contributed by atoms with van der Waals surface area (Å²) in [5, 5.41) is 8.00. The fraction of sp³-hybridized carbons (Fsp3) is 0.286. The van der Waals surface area contributed by atoms with Crippen molar-refractivity contribution in [2.24, 2.45) is 0 Å². The van der Waals surface area contributed by atoms with Crippen LogP contribution in [0.4, 0.5) is 16.0 Å². The van der Waals surface area contributed by atoms with Crippen LogP contribution in [0.5, 0.6) is 0 Å². The van der Waals surface area contributed by atoms with Crippen molar-refractivity contribution in [1.29, 1.82) is 0 Å². The van der Waals surface area contributed by atoms with Crippen LogP contribution in [0.25, 0.3) is 0 Å². The van der Waals surface area contributed by atoms with E-state index in [2.05, 4.69) is 15.1 Å². The highest BCUT2D eigenvalue weighted by Gasteiger charge is 2.27. The molecule has 0 saturated carbocycles. The van der Waals surface area contributed by atoms with Gasteiger partial charge in [-0.15, -0.1) is 10.2 Å². The van der Waals surface area contributed by atoms with Gasteiger partial charge in [0, 0.05) is 6.54 Å². The largest absolute Gasteiger partial charge is 0.382 e. The lowest BCUT2D eigenvalue weighted by Crippen LogP contribution is -2.24. The van der Waals surface area contributed by atoms with E-state index < -0.39 is 0 Å². The van der Waals surface area contributed by atoms with Crippen molar-refractivity contribution in [3.63, 3.8) is 0 Å². The summed E-state index contributed by atoms with van der Waals surface area (Å²) in [6.07, 6.45) is 2.06. The van der Waals surface area contributed by atoms with E-state index in [9.17, 15) is 4.39 Å². The lowest BCUT2D eigenvalue weighted by molar-refractivity contribution is 0.618. The highest BCUT2D eigenvalue weighted by molar-refractivity contribution is 5.45. The zero-order valence-corrected chi connectivity index (χ0v) is 10.5. The van der Waals surface area contributed by atoms with E-state index in [0.717, 1.165) is 30.8 Å². The fourth-order valence-electron chi connectivity index (χ4n) is 2.59. The summed E-state index contributed by atoms with van der Waals surface area (Å²) in [6, 6.07) is 10.5. The number of hydrogen-bond donors (Lipinski definition) is 1. The monoisotopic (exact) mass is 258 g/mol. The van der Waals surface area contributed by atoms with E-state index in [1.54, 1.807) is 18.2 Å². The first-order valence-corrected chi connectivity index (χ1v) is 6.35. The highest BCUT2D eigenvalue weighted by atomic mass is 19.1. The second kappa shape index (κ2) is 4.84. The van der Waals surface area contributed by atoms with Crippen molar-refractivity contribution < 1.29 is 4.39 Å². The van der Waals surface area contributed by atoms with E-state index in [4.69, 9.17) is 5.73 Å². The van der Waals surface area contributed by atoms with Crippen LogP contribution in [0.15, 0.2) is 36.4 Å². The van der Waals surface area contributed by atoms with Crippen LogP contribution in [0.1, 0.15) is 24.4 Å². The molecule has 1 aromatic heterocycles. The van der Waals surface area contributed by atoms with Crippen LogP contribution >= 0.6 is 0 Å². The predicted octanol–water partition coefficient (Wildman–Crippen LogP) is 2.54.